The van der Waals surface area contributed by atoms with E-state index in [0.717, 1.165) is 0 Å². The number of hydrogen-bond acceptors (Lipinski definition) is 5. The molecule has 73 valence electrons. The molecule has 0 N–H and O–H groups in total. The van der Waals surface area contributed by atoms with Crippen molar-refractivity contribution in [1.82, 2.24) is 0 Å². The molecule has 1 atom stereocenters. The van der Waals surface area contributed by atoms with Crippen LogP contribution in [0.1, 0.15) is 13.8 Å². The normalized spacial score (nSPS) is 8.86. The predicted molar refractivity (Wildman–Crippen MR) is 50.9 cm³/mol. The Balaban J connectivity index is 0. The Morgan fingerprint density at radius 3 is 2.64 bits per heavy atom. The maximum atomic E-state index is 10.7. The molecule has 0 spiro atoms. The van der Waals surface area contributed by atoms with Crippen molar-refractivity contribution in [2.24, 2.45) is 0 Å². The fraction of sp³-hybridized carbons (Fsp3) is 0.571. The quantitative estimate of drug-likeness (QED) is 0.305. The zero-order chi connectivity index (χ0) is 10.1. The Morgan fingerprint density at radius 2 is 2.14 bits per heavy atom. The second-order valence-electron chi connectivity index (χ2n) is 1.70. The number of rotatable bonds is 4. The topological polar surface area (TPSA) is 61.8 Å². The fourth-order valence-electron chi connectivity index (χ4n) is 0.386. The first-order valence-electron chi connectivity index (χ1n) is 3.55. The molecule has 0 aliphatic heterocycles. The smallest absolute Gasteiger partial charge is 0.418 e. The molecule has 0 fully saturated rings. The van der Waals surface area contributed by atoms with Crippen LogP contribution in [0.5, 0.6) is 0 Å². The molecular formula is C7H10LiO5P+. The molecule has 14 heavy (non-hydrogen) atoms. The van der Waals surface area contributed by atoms with Gasteiger partial charge in [0.25, 0.3) is 0 Å². The summed E-state index contributed by atoms with van der Waals surface area (Å²) in [6, 6.07) is 0. The van der Waals surface area contributed by atoms with Crippen LogP contribution in [0.15, 0.2) is 0 Å². The van der Waals surface area contributed by atoms with Crippen LogP contribution in [0.25, 0.3) is 0 Å². The van der Waals surface area contributed by atoms with E-state index in [4.69, 9.17) is 0 Å². The molecule has 0 aliphatic rings. The summed E-state index contributed by atoms with van der Waals surface area (Å²) in [5.74, 6) is 4.99. The molecule has 0 rings (SSSR count). The fourth-order valence-corrected chi connectivity index (χ4v) is 0.824. The summed E-state index contributed by atoms with van der Waals surface area (Å²) < 4.78 is 23.7. The SMILES string of the molecule is CC#CCOC(=O)O[P+](=O)OCC.[Li]. The standard InChI is InChI=1S/C7H10O5P.Li/c1-3-5-6-10-7(8)12-13(9)11-4-2;/h4,6H2,1-2H3;/q+1;. The third-order valence-electron chi connectivity index (χ3n) is 0.823. The van der Waals surface area contributed by atoms with Crippen molar-refractivity contribution in [2.75, 3.05) is 13.2 Å². The Labute approximate surface area is 95.6 Å². The molecular weight excluding hydrogens is 202 g/mol. The first-order valence-corrected chi connectivity index (χ1v) is 4.64. The number of hydrogen-bond donors (Lipinski definition) is 0. The van der Waals surface area contributed by atoms with Gasteiger partial charge in [0, 0.05) is 23.4 Å². The van der Waals surface area contributed by atoms with Crippen molar-refractivity contribution in [3.8, 4) is 11.8 Å². The first kappa shape index (κ1) is 15.9. The van der Waals surface area contributed by atoms with Crippen molar-refractivity contribution in [3.63, 3.8) is 0 Å². The van der Waals surface area contributed by atoms with E-state index >= 15 is 0 Å². The van der Waals surface area contributed by atoms with Gasteiger partial charge in [-0.1, -0.05) is 5.92 Å². The summed E-state index contributed by atoms with van der Waals surface area (Å²) in [7, 11) is -2.41. The van der Waals surface area contributed by atoms with Crippen LogP contribution in [0.2, 0.25) is 0 Å². The molecule has 0 saturated carbocycles. The molecule has 5 nitrogen and oxygen atoms in total. The molecule has 0 saturated heterocycles. The van der Waals surface area contributed by atoms with E-state index in [1.165, 1.54) is 0 Å². The molecule has 0 aliphatic carbocycles. The third kappa shape index (κ3) is 9.57. The van der Waals surface area contributed by atoms with E-state index < -0.39 is 14.4 Å². The van der Waals surface area contributed by atoms with E-state index in [0.29, 0.717) is 0 Å². The monoisotopic (exact) mass is 212 g/mol. The molecule has 0 amide bonds. The van der Waals surface area contributed by atoms with Crippen LogP contribution in [0.3, 0.4) is 0 Å². The van der Waals surface area contributed by atoms with Crippen molar-refractivity contribution < 1.29 is 23.1 Å². The van der Waals surface area contributed by atoms with Crippen LogP contribution in [-0.2, 0) is 18.3 Å². The average molecular weight is 212 g/mol. The largest absolute Gasteiger partial charge is 0.756 e. The van der Waals surface area contributed by atoms with E-state index in [2.05, 4.69) is 25.6 Å². The average Bonchev–Trinajstić information content (AvgIpc) is 2.05. The summed E-state index contributed by atoms with van der Waals surface area (Å²) in [6.07, 6.45) is -1.04. The third-order valence-corrected chi connectivity index (χ3v) is 1.59. The van der Waals surface area contributed by atoms with E-state index in [1.807, 2.05) is 0 Å². The molecule has 1 unspecified atom stereocenters. The van der Waals surface area contributed by atoms with Crippen LogP contribution in [0.4, 0.5) is 4.79 Å². The zero-order valence-corrected chi connectivity index (χ0v) is 9.30. The van der Waals surface area contributed by atoms with Crippen LogP contribution >= 0.6 is 8.25 Å². The minimum absolute atomic E-state index is 0. The minimum Gasteiger partial charge on any atom is -0.418 e. The van der Waals surface area contributed by atoms with Gasteiger partial charge in [-0.2, -0.15) is 4.79 Å². The predicted octanol–water partition coefficient (Wildman–Crippen LogP) is 1.48. The van der Waals surface area contributed by atoms with E-state index in [-0.39, 0.29) is 32.1 Å². The molecule has 7 heteroatoms. The summed E-state index contributed by atoms with van der Waals surface area (Å²) in [4.78, 5) is 10.6. The Kier molecular flexibility index (Phi) is 12.0. The molecule has 0 heterocycles. The summed E-state index contributed by atoms with van der Waals surface area (Å²) in [5.41, 5.74) is 0. The number of carbonyl (C=O) groups is 1. The van der Waals surface area contributed by atoms with Gasteiger partial charge in [-0.25, -0.2) is 0 Å². The van der Waals surface area contributed by atoms with Gasteiger partial charge in [0.05, 0.1) is 0 Å². The van der Waals surface area contributed by atoms with Gasteiger partial charge >= 0.3 is 14.4 Å². The van der Waals surface area contributed by atoms with Crippen molar-refractivity contribution in [2.45, 2.75) is 13.8 Å². The Morgan fingerprint density at radius 1 is 1.50 bits per heavy atom. The maximum absolute atomic E-state index is 10.7. The van der Waals surface area contributed by atoms with E-state index in [9.17, 15) is 9.36 Å². The van der Waals surface area contributed by atoms with Crippen molar-refractivity contribution in [3.05, 3.63) is 0 Å². The van der Waals surface area contributed by atoms with E-state index in [1.54, 1.807) is 13.8 Å². The number of ether oxygens (including phenoxy) is 1. The summed E-state index contributed by atoms with van der Waals surface area (Å²) in [6.45, 7) is 3.36. The van der Waals surface area contributed by atoms with Crippen LogP contribution in [-0.4, -0.2) is 38.2 Å². The molecule has 1 radical (unpaired) electrons. The van der Waals surface area contributed by atoms with Gasteiger partial charge in [0.15, 0.2) is 6.61 Å². The Hall–Kier alpha value is -0.513. The summed E-state index contributed by atoms with van der Waals surface area (Å²) >= 11 is 0. The van der Waals surface area contributed by atoms with Gasteiger partial charge in [-0.15, -0.1) is 15.0 Å². The van der Waals surface area contributed by atoms with Gasteiger partial charge < -0.3 is 4.74 Å². The second kappa shape index (κ2) is 10.6. The van der Waals surface area contributed by atoms with Gasteiger partial charge in [-0.3, -0.25) is 0 Å². The molecule has 0 aromatic carbocycles. The van der Waals surface area contributed by atoms with Crippen LogP contribution in [0, 0.1) is 11.8 Å². The van der Waals surface area contributed by atoms with Gasteiger partial charge in [-0.05, 0) is 13.8 Å². The molecule has 0 aromatic rings. The first-order chi connectivity index (χ1) is 6.20. The van der Waals surface area contributed by atoms with Crippen molar-refractivity contribution >= 4 is 33.3 Å². The maximum Gasteiger partial charge on any atom is 0.756 e. The van der Waals surface area contributed by atoms with Crippen LogP contribution < -0.4 is 0 Å². The molecule has 0 bridgehead atoms. The van der Waals surface area contributed by atoms with Gasteiger partial charge in [0.2, 0.25) is 0 Å². The minimum atomic E-state index is -2.41. The van der Waals surface area contributed by atoms with Crippen molar-refractivity contribution in [1.29, 1.82) is 0 Å². The molecule has 0 aromatic heterocycles. The zero-order valence-electron chi connectivity index (χ0n) is 8.40. The summed E-state index contributed by atoms with van der Waals surface area (Å²) in [5, 5.41) is 0. The Bertz CT molecular complexity index is 244. The second-order valence-corrected chi connectivity index (χ2v) is 2.59. The van der Waals surface area contributed by atoms with Gasteiger partial charge in [0.1, 0.15) is 6.61 Å². The number of carbonyl (C=O) groups excluding carboxylic acids is 1.